The van der Waals surface area contributed by atoms with Crippen LogP contribution in [0.1, 0.15) is 23.3 Å². The molecule has 3 heteroatoms. The summed E-state index contributed by atoms with van der Waals surface area (Å²) < 4.78 is 0. The molecular formula is C18H24N2S. The predicted molar refractivity (Wildman–Crippen MR) is 90.9 cm³/mol. The fourth-order valence-corrected chi connectivity index (χ4v) is 4.26. The highest BCUT2D eigenvalue weighted by atomic mass is 32.1. The number of hydrogen-bond acceptors (Lipinski definition) is 3. The summed E-state index contributed by atoms with van der Waals surface area (Å²) in [5.41, 5.74) is 1.81. The molecule has 1 aliphatic rings. The van der Waals surface area contributed by atoms with E-state index in [1.165, 1.54) is 23.3 Å². The molecule has 0 radical (unpaired) electrons. The van der Waals surface area contributed by atoms with E-state index in [1.807, 2.05) is 11.3 Å². The van der Waals surface area contributed by atoms with Crippen LogP contribution in [0.3, 0.4) is 0 Å². The molecule has 0 spiro atoms. The summed E-state index contributed by atoms with van der Waals surface area (Å²) in [6.07, 6.45) is 2.46. The molecule has 1 saturated heterocycles. The Morgan fingerprint density at radius 3 is 2.52 bits per heavy atom. The van der Waals surface area contributed by atoms with E-state index in [0.29, 0.717) is 5.41 Å². The summed E-state index contributed by atoms with van der Waals surface area (Å²) in [6, 6.07) is 15.5. The van der Waals surface area contributed by atoms with E-state index in [-0.39, 0.29) is 0 Å². The standard InChI is InChI=1S/C18H24N2S/c1-20(14-17-8-5-13-21-17)15-18(9-11-19-12-10-18)16-6-3-2-4-7-16/h2-8,13,19H,9-12,14-15H2,1H3. The maximum atomic E-state index is 3.51. The minimum absolute atomic E-state index is 0.304. The van der Waals surface area contributed by atoms with E-state index in [2.05, 4.69) is 65.1 Å². The van der Waals surface area contributed by atoms with Gasteiger partial charge in [-0.1, -0.05) is 36.4 Å². The summed E-state index contributed by atoms with van der Waals surface area (Å²) in [7, 11) is 2.26. The van der Waals surface area contributed by atoms with E-state index in [0.717, 1.165) is 26.2 Å². The van der Waals surface area contributed by atoms with Gasteiger partial charge in [-0.25, -0.2) is 0 Å². The number of nitrogens with zero attached hydrogens (tertiary/aromatic N) is 1. The first kappa shape index (κ1) is 14.8. The smallest absolute Gasteiger partial charge is 0.0325 e. The first-order chi connectivity index (χ1) is 10.3. The minimum Gasteiger partial charge on any atom is -0.317 e. The molecule has 0 bridgehead atoms. The van der Waals surface area contributed by atoms with E-state index in [4.69, 9.17) is 0 Å². The summed E-state index contributed by atoms with van der Waals surface area (Å²) in [5.74, 6) is 0. The van der Waals surface area contributed by atoms with Crippen LogP contribution >= 0.6 is 11.3 Å². The van der Waals surface area contributed by atoms with Gasteiger partial charge in [0.05, 0.1) is 0 Å². The number of thiophene rings is 1. The third kappa shape index (κ3) is 3.54. The van der Waals surface area contributed by atoms with Gasteiger partial charge in [0.2, 0.25) is 0 Å². The Morgan fingerprint density at radius 2 is 1.86 bits per heavy atom. The average molecular weight is 300 g/mol. The van der Waals surface area contributed by atoms with Crippen LogP contribution in [0, 0.1) is 0 Å². The van der Waals surface area contributed by atoms with Crippen molar-refractivity contribution in [1.82, 2.24) is 10.2 Å². The van der Waals surface area contributed by atoms with E-state index in [9.17, 15) is 0 Å². The zero-order valence-corrected chi connectivity index (χ0v) is 13.5. The van der Waals surface area contributed by atoms with E-state index < -0.39 is 0 Å². The molecule has 112 valence electrons. The monoisotopic (exact) mass is 300 g/mol. The number of likely N-dealkylation sites (N-methyl/N-ethyl adjacent to an activating group) is 1. The molecule has 1 fully saturated rings. The Hall–Kier alpha value is -1.16. The van der Waals surface area contributed by atoms with Gasteiger partial charge in [-0.05, 0) is 50.0 Å². The van der Waals surface area contributed by atoms with Crippen molar-refractivity contribution in [1.29, 1.82) is 0 Å². The quantitative estimate of drug-likeness (QED) is 0.909. The number of rotatable bonds is 5. The third-order valence-electron chi connectivity index (χ3n) is 4.53. The molecule has 0 atom stereocenters. The van der Waals surface area contributed by atoms with Crippen molar-refractivity contribution in [2.75, 3.05) is 26.7 Å². The SMILES string of the molecule is CN(Cc1cccs1)CC1(c2ccccc2)CCNCC1. The van der Waals surface area contributed by atoms with Crippen LogP contribution in [0.2, 0.25) is 0 Å². The lowest BCUT2D eigenvalue weighted by Crippen LogP contribution is -2.46. The first-order valence-corrected chi connectivity index (χ1v) is 8.64. The van der Waals surface area contributed by atoms with Gasteiger partial charge in [0, 0.05) is 23.4 Å². The van der Waals surface area contributed by atoms with Gasteiger partial charge in [0.15, 0.2) is 0 Å². The first-order valence-electron chi connectivity index (χ1n) is 7.76. The molecule has 0 aliphatic carbocycles. The van der Waals surface area contributed by atoms with Crippen molar-refractivity contribution >= 4 is 11.3 Å². The van der Waals surface area contributed by atoms with Gasteiger partial charge in [-0.3, -0.25) is 0 Å². The fraction of sp³-hybridized carbons (Fsp3) is 0.444. The van der Waals surface area contributed by atoms with Crippen LogP contribution < -0.4 is 5.32 Å². The highest BCUT2D eigenvalue weighted by Gasteiger charge is 2.34. The minimum atomic E-state index is 0.304. The number of benzene rings is 1. The van der Waals surface area contributed by atoms with Crippen LogP contribution in [-0.4, -0.2) is 31.6 Å². The highest BCUT2D eigenvalue weighted by molar-refractivity contribution is 7.09. The lowest BCUT2D eigenvalue weighted by Gasteiger charge is -2.41. The normalized spacial score (nSPS) is 18.0. The van der Waals surface area contributed by atoms with Crippen LogP contribution in [0.15, 0.2) is 47.8 Å². The van der Waals surface area contributed by atoms with Crippen LogP contribution in [0.4, 0.5) is 0 Å². The van der Waals surface area contributed by atoms with Gasteiger partial charge in [-0.15, -0.1) is 11.3 Å². The summed E-state index contributed by atoms with van der Waals surface area (Å²) in [4.78, 5) is 3.94. The topological polar surface area (TPSA) is 15.3 Å². The Bertz CT molecular complexity index is 530. The van der Waals surface area contributed by atoms with Crippen molar-refractivity contribution < 1.29 is 0 Å². The van der Waals surface area contributed by atoms with E-state index in [1.54, 1.807) is 0 Å². The number of piperidine rings is 1. The largest absolute Gasteiger partial charge is 0.317 e. The maximum absolute atomic E-state index is 3.51. The van der Waals surface area contributed by atoms with Crippen LogP contribution in [0.25, 0.3) is 0 Å². The summed E-state index contributed by atoms with van der Waals surface area (Å²) in [5, 5.41) is 5.68. The molecule has 0 saturated carbocycles. The van der Waals surface area contributed by atoms with Crippen molar-refractivity contribution in [2.24, 2.45) is 0 Å². The van der Waals surface area contributed by atoms with Crippen LogP contribution in [0.5, 0.6) is 0 Å². The molecule has 1 aliphatic heterocycles. The highest BCUT2D eigenvalue weighted by Crippen LogP contribution is 2.34. The van der Waals surface area contributed by atoms with Crippen molar-refractivity contribution in [3.8, 4) is 0 Å². The molecule has 2 nitrogen and oxygen atoms in total. The third-order valence-corrected chi connectivity index (χ3v) is 5.39. The Balaban J connectivity index is 1.76. The number of hydrogen-bond donors (Lipinski definition) is 1. The summed E-state index contributed by atoms with van der Waals surface area (Å²) >= 11 is 1.85. The molecule has 1 N–H and O–H groups in total. The predicted octanol–water partition coefficient (Wildman–Crippen LogP) is 3.50. The zero-order valence-electron chi connectivity index (χ0n) is 12.7. The van der Waals surface area contributed by atoms with E-state index >= 15 is 0 Å². The molecule has 2 aromatic rings. The Morgan fingerprint density at radius 1 is 1.10 bits per heavy atom. The molecular weight excluding hydrogens is 276 g/mol. The van der Waals surface area contributed by atoms with Crippen LogP contribution in [-0.2, 0) is 12.0 Å². The average Bonchev–Trinajstić information content (AvgIpc) is 3.02. The summed E-state index contributed by atoms with van der Waals surface area (Å²) in [6.45, 7) is 4.44. The lowest BCUT2D eigenvalue weighted by molar-refractivity contribution is 0.197. The van der Waals surface area contributed by atoms with Gasteiger partial charge in [0.1, 0.15) is 0 Å². The molecule has 3 rings (SSSR count). The van der Waals surface area contributed by atoms with Crippen molar-refractivity contribution in [2.45, 2.75) is 24.8 Å². The Labute approximate surface area is 131 Å². The second kappa shape index (κ2) is 6.73. The maximum Gasteiger partial charge on any atom is 0.0325 e. The molecule has 1 aromatic carbocycles. The Kier molecular flexibility index (Phi) is 4.73. The van der Waals surface area contributed by atoms with Gasteiger partial charge in [0.25, 0.3) is 0 Å². The van der Waals surface area contributed by atoms with Crippen molar-refractivity contribution in [3.05, 3.63) is 58.3 Å². The molecule has 0 amide bonds. The van der Waals surface area contributed by atoms with Gasteiger partial charge in [-0.2, -0.15) is 0 Å². The second-order valence-corrected chi connectivity index (χ2v) is 7.18. The van der Waals surface area contributed by atoms with Gasteiger partial charge >= 0.3 is 0 Å². The lowest BCUT2D eigenvalue weighted by atomic mass is 9.73. The van der Waals surface area contributed by atoms with Crippen molar-refractivity contribution in [3.63, 3.8) is 0 Å². The fourth-order valence-electron chi connectivity index (χ4n) is 3.48. The molecule has 1 aromatic heterocycles. The van der Waals surface area contributed by atoms with Gasteiger partial charge < -0.3 is 10.2 Å². The zero-order chi connectivity index (χ0) is 14.5. The number of nitrogens with one attached hydrogen (secondary N) is 1. The molecule has 21 heavy (non-hydrogen) atoms. The molecule has 2 heterocycles. The second-order valence-electron chi connectivity index (χ2n) is 6.15. The molecule has 0 unspecified atom stereocenters.